The van der Waals surface area contributed by atoms with Gasteiger partial charge in [-0.05, 0) is 174 Å². The number of rotatable bonds is 17. The Morgan fingerprint density at radius 3 is 1.45 bits per heavy atom. The second kappa shape index (κ2) is 22.9. The van der Waals surface area contributed by atoms with Crippen LogP contribution in [-0.4, -0.2) is 69.0 Å². The number of carboxylic acids is 1. The summed E-state index contributed by atoms with van der Waals surface area (Å²) < 4.78 is 17.1. The van der Waals surface area contributed by atoms with Crippen molar-refractivity contribution in [3.05, 3.63) is 128 Å². The molecule has 1 heterocycles. The van der Waals surface area contributed by atoms with E-state index >= 15 is 0 Å². The van der Waals surface area contributed by atoms with Crippen molar-refractivity contribution in [1.29, 1.82) is 0 Å². The average molecular weight is 939 g/mol. The molecule has 4 aromatic rings. The van der Waals surface area contributed by atoms with E-state index in [2.05, 4.69) is 133 Å². The van der Waals surface area contributed by atoms with Crippen LogP contribution in [0.25, 0.3) is 0 Å². The molecule has 0 spiro atoms. The second-order valence-electron chi connectivity index (χ2n) is 19.7. The van der Waals surface area contributed by atoms with Gasteiger partial charge in [0.25, 0.3) is 0 Å². The Balaban J connectivity index is 0.000000227. The van der Waals surface area contributed by atoms with Gasteiger partial charge in [-0.15, -0.1) is 0 Å². The first-order valence-corrected chi connectivity index (χ1v) is 25.2. The molecule has 2 saturated carbocycles. The molecule has 0 aromatic heterocycles. The van der Waals surface area contributed by atoms with Gasteiger partial charge in [0.05, 0.1) is 6.10 Å². The maximum absolute atomic E-state index is 11.3. The standard InChI is InChI=1S/C30H38O5.C30H36O4/c1-5-30(6-2,24-9-8-23(21(3)18-24)14-17-29(34)15-7-16-29)25-10-12-27(22(4)19-25)35-20-26(31)11-13-28(32)33;1-5-30(6-2,24-9-8-23(21(3)18-24)14-17-29(32)15-7-16-29)25-10-12-27(22(4)19-25)33-20-26-11-13-28(31)34-26/h8-10,12,18-19,26,31,34H,5-7,11,13,15-16,20H2,1-4H3,(H,32,33);8-10,12,18-19,26,32H,5-7,11,13,15-16,20H2,1-4H3/t2*26-/m00/s1. The molecule has 69 heavy (non-hydrogen) atoms. The lowest BCUT2D eigenvalue weighted by molar-refractivity contribution is -0.142. The number of benzene rings is 4. The fraction of sp³-hybridized carbons (Fsp3) is 0.500. The van der Waals surface area contributed by atoms with Crippen LogP contribution in [-0.2, 0) is 25.2 Å². The number of hydrogen-bond donors (Lipinski definition) is 4. The molecule has 368 valence electrons. The Hall–Kier alpha value is -5.58. The van der Waals surface area contributed by atoms with Crippen molar-refractivity contribution < 1.29 is 44.2 Å². The van der Waals surface area contributed by atoms with E-state index in [1.54, 1.807) is 0 Å². The molecule has 9 heteroatoms. The molecular weight excluding hydrogens is 865 g/mol. The third-order valence-electron chi connectivity index (χ3n) is 15.2. The largest absolute Gasteiger partial charge is 0.491 e. The Labute approximate surface area is 411 Å². The van der Waals surface area contributed by atoms with E-state index in [4.69, 9.17) is 19.3 Å². The molecule has 1 saturated heterocycles. The van der Waals surface area contributed by atoms with Crippen LogP contribution < -0.4 is 9.47 Å². The van der Waals surface area contributed by atoms with Crippen molar-refractivity contribution in [2.75, 3.05) is 13.2 Å². The van der Waals surface area contributed by atoms with Crippen LogP contribution in [0.4, 0.5) is 0 Å². The highest BCUT2D eigenvalue weighted by molar-refractivity contribution is 5.71. The predicted octanol–water partition coefficient (Wildman–Crippen LogP) is 11.0. The van der Waals surface area contributed by atoms with Gasteiger partial charge in [0.15, 0.2) is 0 Å². The first-order valence-electron chi connectivity index (χ1n) is 25.2. The Kier molecular flexibility index (Phi) is 17.5. The molecule has 2 aliphatic carbocycles. The van der Waals surface area contributed by atoms with Gasteiger partial charge in [-0.1, -0.05) is 99.9 Å². The predicted molar refractivity (Wildman–Crippen MR) is 272 cm³/mol. The zero-order valence-corrected chi connectivity index (χ0v) is 42.2. The summed E-state index contributed by atoms with van der Waals surface area (Å²) in [6.07, 6.45) is 9.30. The summed E-state index contributed by atoms with van der Waals surface area (Å²) in [4.78, 5) is 22.0. The van der Waals surface area contributed by atoms with E-state index in [0.29, 0.717) is 18.8 Å². The summed E-state index contributed by atoms with van der Waals surface area (Å²) in [5.41, 5.74) is 9.40. The summed E-state index contributed by atoms with van der Waals surface area (Å²) in [6.45, 7) is 17.6. The number of aliphatic hydroxyl groups excluding tert-OH is 1. The van der Waals surface area contributed by atoms with E-state index in [0.717, 1.165) is 110 Å². The van der Waals surface area contributed by atoms with Crippen LogP contribution in [0.1, 0.15) is 173 Å². The van der Waals surface area contributed by atoms with Gasteiger partial charge in [0.1, 0.15) is 42.0 Å². The van der Waals surface area contributed by atoms with Gasteiger partial charge in [-0.2, -0.15) is 0 Å². The number of ether oxygens (including phenoxy) is 3. The highest BCUT2D eigenvalue weighted by atomic mass is 16.6. The summed E-state index contributed by atoms with van der Waals surface area (Å²) in [5.74, 6) is 13.0. The first-order chi connectivity index (χ1) is 32.9. The fourth-order valence-electron chi connectivity index (χ4n) is 9.97. The number of cyclic esters (lactones) is 1. The number of aryl methyl sites for hydroxylation is 4. The highest BCUT2D eigenvalue weighted by Crippen LogP contribution is 2.43. The lowest BCUT2D eigenvalue weighted by Gasteiger charge is -2.34. The fourth-order valence-corrected chi connectivity index (χ4v) is 9.97. The molecule has 2 atom stereocenters. The minimum absolute atomic E-state index is 0.0665. The number of aliphatic carboxylic acids is 1. The maximum atomic E-state index is 11.3. The molecule has 0 amide bonds. The van der Waals surface area contributed by atoms with Gasteiger partial charge < -0.3 is 34.6 Å². The van der Waals surface area contributed by atoms with Crippen molar-refractivity contribution in [3.8, 4) is 35.2 Å². The van der Waals surface area contributed by atoms with Gasteiger partial charge in [0.2, 0.25) is 0 Å². The van der Waals surface area contributed by atoms with Crippen LogP contribution in [0, 0.1) is 51.4 Å². The monoisotopic (exact) mass is 939 g/mol. The molecule has 4 N–H and O–H groups in total. The Morgan fingerprint density at radius 1 is 0.681 bits per heavy atom. The van der Waals surface area contributed by atoms with E-state index in [-0.39, 0.29) is 42.4 Å². The van der Waals surface area contributed by atoms with Crippen molar-refractivity contribution in [2.24, 2.45) is 0 Å². The van der Waals surface area contributed by atoms with Crippen molar-refractivity contribution in [2.45, 2.75) is 180 Å². The zero-order valence-electron chi connectivity index (χ0n) is 42.2. The molecule has 3 aliphatic rings. The summed E-state index contributed by atoms with van der Waals surface area (Å²) in [5, 5.41) is 39.4. The number of hydrogen-bond acceptors (Lipinski definition) is 8. The quantitative estimate of drug-likeness (QED) is 0.0601. The topological polar surface area (TPSA) is 143 Å². The van der Waals surface area contributed by atoms with Crippen LogP contribution in [0.2, 0.25) is 0 Å². The number of carbonyl (C=O) groups is 2. The highest BCUT2D eigenvalue weighted by Gasteiger charge is 2.35. The van der Waals surface area contributed by atoms with Crippen LogP contribution in [0.15, 0.2) is 72.8 Å². The third kappa shape index (κ3) is 12.6. The molecule has 3 fully saturated rings. The van der Waals surface area contributed by atoms with E-state index < -0.39 is 23.3 Å². The minimum Gasteiger partial charge on any atom is -0.491 e. The molecule has 9 nitrogen and oxygen atoms in total. The number of carbonyl (C=O) groups excluding carboxylic acids is 1. The Bertz CT molecular complexity index is 2570. The SMILES string of the molecule is CCC(CC)(c1ccc(C#CC2(O)CCC2)c(C)c1)c1ccc(OC[C@@H](O)CCC(=O)O)c(C)c1.CCC(CC)(c1ccc(C#CC2(O)CCC2)c(C)c1)c1ccc(OC[C@@H]2CCC(=O)O2)c(C)c1. The molecule has 1 aliphatic heterocycles. The zero-order chi connectivity index (χ0) is 50.0. The van der Waals surface area contributed by atoms with Crippen molar-refractivity contribution in [3.63, 3.8) is 0 Å². The van der Waals surface area contributed by atoms with Crippen LogP contribution in [0.5, 0.6) is 11.5 Å². The molecular formula is C60H74O9. The average Bonchev–Trinajstić information content (AvgIpc) is 3.74. The van der Waals surface area contributed by atoms with Crippen LogP contribution >= 0.6 is 0 Å². The lowest BCUT2D eigenvalue weighted by atomic mass is 9.70. The molecule has 4 aromatic carbocycles. The smallest absolute Gasteiger partial charge is 0.306 e. The minimum atomic E-state index is -0.925. The molecule has 7 rings (SSSR count). The van der Waals surface area contributed by atoms with Gasteiger partial charge in [0, 0.05) is 34.8 Å². The lowest BCUT2D eigenvalue weighted by Crippen LogP contribution is -2.34. The summed E-state index contributed by atoms with van der Waals surface area (Å²) in [6, 6.07) is 25.7. The number of aliphatic hydroxyl groups is 3. The Morgan fingerprint density at radius 2 is 1.10 bits per heavy atom. The molecule has 0 bridgehead atoms. The van der Waals surface area contributed by atoms with E-state index in [1.807, 2.05) is 19.1 Å². The van der Waals surface area contributed by atoms with Gasteiger partial charge in [-0.25, -0.2) is 0 Å². The molecule has 0 unspecified atom stereocenters. The summed E-state index contributed by atoms with van der Waals surface area (Å²) >= 11 is 0. The number of esters is 1. The van der Waals surface area contributed by atoms with E-state index in [1.165, 1.54) is 22.3 Å². The molecule has 0 radical (unpaired) electrons. The van der Waals surface area contributed by atoms with Crippen molar-refractivity contribution >= 4 is 11.9 Å². The second-order valence-corrected chi connectivity index (χ2v) is 19.7. The maximum Gasteiger partial charge on any atom is 0.306 e. The van der Waals surface area contributed by atoms with Gasteiger partial charge in [-0.3, -0.25) is 9.59 Å². The van der Waals surface area contributed by atoms with Crippen molar-refractivity contribution in [1.82, 2.24) is 0 Å². The van der Waals surface area contributed by atoms with E-state index in [9.17, 15) is 24.9 Å². The normalized spacial score (nSPS) is 17.3. The first kappa shape index (κ1) is 52.8. The summed E-state index contributed by atoms with van der Waals surface area (Å²) in [7, 11) is 0. The van der Waals surface area contributed by atoms with Gasteiger partial charge >= 0.3 is 11.9 Å². The number of carboxylic acid groups (broad SMARTS) is 1. The van der Waals surface area contributed by atoms with Crippen LogP contribution in [0.3, 0.4) is 0 Å². The third-order valence-corrected chi connectivity index (χ3v) is 15.2.